The Morgan fingerprint density at radius 3 is 2.60 bits per heavy atom. The summed E-state index contributed by atoms with van der Waals surface area (Å²) in [4.78, 5) is 47.6. The van der Waals surface area contributed by atoms with Crippen molar-refractivity contribution < 1.29 is 42.9 Å². The summed E-state index contributed by atoms with van der Waals surface area (Å²) < 4.78 is 37.3. The van der Waals surface area contributed by atoms with Gasteiger partial charge in [0.15, 0.2) is 17.2 Å². The van der Waals surface area contributed by atoms with E-state index in [0.29, 0.717) is 12.8 Å². The van der Waals surface area contributed by atoms with E-state index in [1.165, 1.54) is 19.1 Å². The van der Waals surface area contributed by atoms with Crippen LogP contribution in [0.3, 0.4) is 0 Å². The van der Waals surface area contributed by atoms with Gasteiger partial charge in [0.1, 0.15) is 18.8 Å². The fourth-order valence-electron chi connectivity index (χ4n) is 7.35. The number of carbonyl (C=O) groups is 4. The first kappa shape index (κ1) is 25.6. The number of halogens is 2. The number of aliphatic carboxylic acids is 1. The maximum Gasteiger partial charge on any atom is 0.323 e. The number of carboxylic acids is 1. The summed E-state index contributed by atoms with van der Waals surface area (Å²) in [7, 11) is 0. The van der Waals surface area contributed by atoms with Crippen LogP contribution in [0.1, 0.15) is 46.0 Å². The molecule has 4 aliphatic rings. The second-order valence-electron chi connectivity index (χ2n) is 10.9. The van der Waals surface area contributed by atoms with Crippen molar-refractivity contribution >= 4 is 23.5 Å². The van der Waals surface area contributed by atoms with Crippen LogP contribution < -0.4 is 5.73 Å². The zero-order valence-electron chi connectivity index (χ0n) is 19.7. The third kappa shape index (κ3) is 3.76. The van der Waals surface area contributed by atoms with E-state index >= 15 is 8.78 Å². The summed E-state index contributed by atoms with van der Waals surface area (Å²) in [5.74, 6) is -5.06. The molecule has 0 bridgehead atoms. The predicted octanol–water partition coefficient (Wildman–Crippen LogP) is 1.84. The SMILES string of the molecule is CC12CC(O)[C@@]3(F)C(C[C@H](F)C4=CC(=O)C=CC43C)C1CCC2C(=O)COC(=O)[C@@H](N)CC(=O)O. The number of alkyl halides is 2. The van der Waals surface area contributed by atoms with Crippen molar-refractivity contribution in [1.29, 1.82) is 0 Å². The van der Waals surface area contributed by atoms with Gasteiger partial charge in [0.25, 0.3) is 0 Å². The molecule has 8 nitrogen and oxygen atoms in total. The van der Waals surface area contributed by atoms with Crippen LogP contribution in [0.5, 0.6) is 0 Å². The van der Waals surface area contributed by atoms with E-state index in [9.17, 15) is 24.3 Å². The number of hydrogen-bond donors (Lipinski definition) is 3. The normalized spacial score (nSPS) is 42.9. The van der Waals surface area contributed by atoms with E-state index in [-0.39, 0.29) is 18.4 Å². The minimum Gasteiger partial charge on any atom is -0.481 e. The Labute approximate surface area is 201 Å². The van der Waals surface area contributed by atoms with Crippen molar-refractivity contribution in [3.8, 4) is 0 Å². The molecule has 0 aromatic rings. The first-order chi connectivity index (χ1) is 16.3. The lowest BCUT2D eigenvalue weighted by atomic mass is 9.45. The molecule has 4 aliphatic carbocycles. The highest BCUT2D eigenvalue weighted by Gasteiger charge is 2.72. The first-order valence-electron chi connectivity index (χ1n) is 11.9. The van der Waals surface area contributed by atoms with Crippen LogP contribution in [0.4, 0.5) is 8.78 Å². The fourth-order valence-corrected chi connectivity index (χ4v) is 7.35. The average molecular weight is 496 g/mol. The number of rotatable bonds is 6. The minimum absolute atomic E-state index is 0.0432. The second kappa shape index (κ2) is 8.58. The minimum atomic E-state index is -2.21. The molecule has 3 saturated carbocycles. The summed E-state index contributed by atoms with van der Waals surface area (Å²) in [5, 5.41) is 19.9. The van der Waals surface area contributed by atoms with Gasteiger partial charge in [-0.15, -0.1) is 0 Å². The number of esters is 1. The van der Waals surface area contributed by atoms with Crippen molar-refractivity contribution in [3.05, 3.63) is 23.8 Å². The quantitative estimate of drug-likeness (QED) is 0.474. The van der Waals surface area contributed by atoms with Crippen LogP contribution in [0, 0.1) is 28.6 Å². The fraction of sp³-hybridized carbons (Fsp3) is 0.680. The van der Waals surface area contributed by atoms with Crippen LogP contribution >= 0.6 is 0 Å². The van der Waals surface area contributed by atoms with Crippen molar-refractivity contribution in [2.24, 2.45) is 34.3 Å². The molecule has 0 aromatic carbocycles. The number of carbonyl (C=O) groups excluding carboxylic acids is 3. The van der Waals surface area contributed by atoms with Crippen LogP contribution in [-0.2, 0) is 23.9 Å². The van der Waals surface area contributed by atoms with Gasteiger partial charge in [-0.25, -0.2) is 8.78 Å². The maximum atomic E-state index is 17.0. The number of aliphatic hydroxyl groups is 1. The lowest BCUT2D eigenvalue weighted by Gasteiger charge is -2.62. The Balaban J connectivity index is 1.56. The van der Waals surface area contributed by atoms with Crippen LogP contribution in [0.25, 0.3) is 0 Å². The zero-order chi connectivity index (χ0) is 25.9. The van der Waals surface area contributed by atoms with Crippen molar-refractivity contribution in [1.82, 2.24) is 0 Å². The maximum absolute atomic E-state index is 17.0. The molecule has 4 rings (SSSR count). The first-order valence-corrected chi connectivity index (χ1v) is 11.9. The topological polar surface area (TPSA) is 144 Å². The number of aliphatic hydroxyl groups excluding tert-OH is 1. The molecule has 0 saturated heterocycles. The summed E-state index contributed by atoms with van der Waals surface area (Å²) in [6.45, 7) is 2.70. The van der Waals surface area contributed by atoms with E-state index < -0.39 is 89.1 Å². The number of allylic oxidation sites excluding steroid dienone is 4. The monoisotopic (exact) mass is 495 g/mol. The van der Waals surface area contributed by atoms with E-state index in [1.54, 1.807) is 6.92 Å². The number of fused-ring (bicyclic) bond motifs is 5. The molecule has 3 fully saturated rings. The Morgan fingerprint density at radius 1 is 1.26 bits per heavy atom. The molecule has 0 heterocycles. The molecule has 0 aromatic heterocycles. The Bertz CT molecular complexity index is 1030. The molecule has 0 spiro atoms. The molecule has 35 heavy (non-hydrogen) atoms. The highest BCUT2D eigenvalue weighted by Crippen LogP contribution is 2.69. The van der Waals surface area contributed by atoms with Crippen molar-refractivity contribution in [2.45, 2.75) is 69.9 Å². The Kier molecular flexibility index (Phi) is 6.29. The predicted molar refractivity (Wildman–Crippen MR) is 118 cm³/mol. The van der Waals surface area contributed by atoms with E-state index in [0.717, 1.165) is 6.08 Å². The van der Waals surface area contributed by atoms with Gasteiger partial charge in [-0.05, 0) is 61.7 Å². The molecule has 0 radical (unpaired) electrons. The molecular weight excluding hydrogens is 464 g/mol. The largest absolute Gasteiger partial charge is 0.481 e. The third-order valence-corrected chi connectivity index (χ3v) is 9.07. The molecule has 6 unspecified atom stereocenters. The van der Waals surface area contributed by atoms with Gasteiger partial charge in [0.2, 0.25) is 0 Å². The van der Waals surface area contributed by atoms with Gasteiger partial charge in [-0.3, -0.25) is 19.2 Å². The van der Waals surface area contributed by atoms with Gasteiger partial charge in [-0.1, -0.05) is 13.0 Å². The van der Waals surface area contributed by atoms with Gasteiger partial charge < -0.3 is 20.7 Å². The molecule has 0 amide bonds. The van der Waals surface area contributed by atoms with Crippen LogP contribution in [-0.4, -0.2) is 64.3 Å². The number of carboxylic acid groups (broad SMARTS) is 1. The van der Waals surface area contributed by atoms with Gasteiger partial charge in [0.05, 0.1) is 12.5 Å². The van der Waals surface area contributed by atoms with Crippen molar-refractivity contribution in [3.63, 3.8) is 0 Å². The average Bonchev–Trinajstić information content (AvgIpc) is 3.11. The molecule has 9 atom stereocenters. The van der Waals surface area contributed by atoms with Gasteiger partial charge in [-0.2, -0.15) is 0 Å². The molecule has 4 N–H and O–H groups in total. The number of nitrogens with two attached hydrogens (primary N) is 1. The van der Waals surface area contributed by atoms with Gasteiger partial charge >= 0.3 is 11.9 Å². The summed E-state index contributed by atoms with van der Waals surface area (Å²) in [5.41, 5.74) is 0.974. The second-order valence-corrected chi connectivity index (χ2v) is 10.9. The number of hydrogen-bond acceptors (Lipinski definition) is 7. The lowest BCUT2D eigenvalue weighted by molar-refractivity contribution is -0.202. The van der Waals surface area contributed by atoms with Crippen LogP contribution in [0.2, 0.25) is 0 Å². The van der Waals surface area contributed by atoms with E-state index in [4.69, 9.17) is 15.6 Å². The molecule has 0 aliphatic heterocycles. The summed E-state index contributed by atoms with van der Waals surface area (Å²) in [6, 6.07) is -1.40. The van der Waals surface area contributed by atoms with E-state index in [1.807, 2.05) is 0 Å². The summed E-state index contributed by atoms with van der Waals surface area (Å²) >= 11 is 0. The number of ether oxygens (including phenoxy) is 1. The van der Waals surface area contributed by atoms with Crippen LogP contribution in [0.15, 0.2) is 23.8 Å². The number of ketones is 2. The van der Waals surface area contributed by atoms with E-state index in [2.05, 4.69) is 0 Å². The standard InChI is InChI=1S/C25H31F2NO7/c1-23-10-20(31)25(27)15(8-17(26)16-7-12(29)5-6-24(16,25)2)13(23)3-4-14(23)19(30)11-35-22(34)18(28)9-21(32)33/h5-7,13-15,17-18,20,31H,3-4,8-11,28H2,1-2H3,(H,32,33)/t13?,14?,15?,17-,18-,20?,23?,24?,25-/m0/s1. The lowest BCUT2D eigenvalue weighted by Crippen LogP contribution is -2.68. The number of Topliss-reactive ketones (excluding diaryl/α,β-unsaturated/α-hetero) is 1. The molecule has 10 heteroatoms. The molecular formula is C25H31F2NO7. The van der Waals surface area contributed by atoms with Gasteiger partial charge in [0, 0.05) is 17.3 Å². The Hall–Kier alpha value is -2.46. The zero-order valence-corrected chi connectivity index (χ0v) is 19.7. The Morgan fingerprint density at radius 2 is 1.94 bits per heavy atom. The highest BCUT2D eigenvalue weighted by molar-refractivity contribution is 6.01. The van der Waals surface area contributed by atoms with Crippen molar-refractivity contribution in [2.75, 3.05) is 6.61 Å². The highest BCUT2D eigenvalue weighted by atomic mass is 19.1. The molecule has 192 valence electrons. The smallest absolute Gasteiger partial charge is 0.323 e. The summed E-state index contributed by atoms with van der Waals surface area (Å²) in [6.07, 6.45) is 0.574. The third-order valence-electron chi connectivity index (χ3n) is 9.07.